The summed E-state index contributed by atoms with van der Waals surface area (Å²) in [5.41, 5.74) is 7.19. The molecule has 0 saturated carbocycles. The maximum atomic E-state index is 11.9. The first-order chi connectivity index (χ1) is 9.16. The minimum Gasteiger partial charge on any atom is -0.482 e. The number of anilines is 1. The zero-order valence-electron chi connectivity index (χ0n) is 10.7. The molecule has 2 aromatic rings. The van der Waals surface area contributed by atoms with Gasteiger partial charge in [0, 0.05) is 25.4 Å². The number of nitrogens with zero attached hydrogens (tertiary/aromatic N) is 2. The molecule has 0 fully saturated rings. The average Bonchev–Trinajstić information content (AvgIpc) is 2.90. The summed E-state index contributed by atoms with van der Waals surface area (Å²) in [4.78, 5) is 13.5. The van der Waals surface area contributed by atoms with Crippen molar-refractivity contribution in [1.82, 2.24) is 15.1 Å². The van der Waals surface area contributed by atoms with Crippen molar-refractivity contribution >= 4 is 11.6 Å². The van der Waals surface area contributed by atoms with Gasteiger partial charge in [0.2, 0.25) is 0 Å². The molecule has 6 nitrogen and oxygen atoms in total. The lowest BCUT2D eigenvalue weighted by molar-refractivity contribution is -0.132. The molecule has 19 heavy (non-hydrogen) atoms. The summed E-state index contributed by atoms with van der Waals surface area (Å²) in [6.07, 6.45) is 3.43. The first-order valence-corrected chi connectivity index (χ1v) is 5.85. The number of nitrogens with two attached hydrogens (primary N) is 1. The number of carbonyl (C=O) groups excluding carboxylic acids is 1. The van der Waals surface area contributed by atoms with Crippen LogP contribution in [0.15, 0.2) is 36.7 Å². The van der Waals surface area contributed by atoms with E-state index in [-0.39, 0.29) is 12.5 Å². The number of ether oxygens (including phenoxy) is 1. The molecule has 2 rings (SSSR count). The molecular formula is C13H16N4O2. The van der Waals surface area contributed by atoms with Gasteiger partial charge in [0.25, 0.3) is 5.91 Å². The van der Waals surface area contributed by atoms with Gasteiger partial charge in [0.05, 0.1) is 11.9 Å². The van der Waals surface area contributed by atoms with E-state index in [1.165, 1.54) is 0 Å². The largest absolute Gasteiger partial charge is 0.482 e. The Labute approximate surface area is 111 Å². The molecule has 1 aromatic heterocycles. The first-order valence-electron chi connectivity index (χ1n) is 5.85. The molecule has 0 saturated heterocycles. The third-order valence-electron chi connectivity index (χ3n) is 2.67. The highest BCUT2D eigenvalue weighted by molar-refractivity contribution is 5.77. The van der Waals surface area contributed by atoms with E-state index in [0.717, 1.165) is 5.56 Å². The van der Waals surface area contributed by atoms with Crippen LogP contribution in [0.25, 0.3) is 0 Å². The van der Waals surface area contributed by atoms with Gasteiger partial charge in [-0.05, 0) is 12.1 Å². The number of aromatic amines is 1. The Morgan fingerprint density at radius 2 is 2.26 bits per heavy atom. The fraction of sp³-hybridized carbons (Fsp3) is 0.231. The van der Waals surface area contributed by atoms with Crippen molar-refractivity contribution < 1.29 is 9.53 Å². The molecule has 0 bridgehead atoms. The molecule has 1 amide bonds. The monoisotopic (exact) mass is 260 g/mol. The number of nitrogens with one attached hydrogen (secondary N) is 1. The summed E-state index contributed by atoms with van der Waals surface area (Å²) in [5, 5.41) is 6.53. The number of hydrogen-bond donors (Lipinski definition) is 2. The molecule has 0 aliphatic carbocycles. The van der Waals surface area contributed by atoms with Gasteiger partial charge in [-0.1, -0.05) is 12.1 Å². The minimum absolute atomic E-state index is 0.0391. The molecule has 6 heteroatoms. The number of aromatic nitrogens is 2. The molecule has 1 heterocycles. The van der Waals surface area contributed by atoms with Crippen molar-refractivity contribution in [3.05, 3.63) is 42.2 Å². The number of nitrogen functional groups attached to an aromatic ring is 1. The Morgan fingerprint density at radius 1 is 1.47 bits per heavy atom. The molecule has 0 atom stereocenters. The zero-order chi connectivity index (χ0) is 13.7. The van der Waals surface area contributed by atoms with Crippen molar-refractivity contribution in [1.29, 1.82) is 0 Å². The van der Waals surface area contributed by atoms with E-state index in [2.05, 4.69) is 10.2 Å². The molecule has 0 aliphatic rings. The standard InChI is InChI=1S/C13H16N4O2/c1-17(8-10-6-15-16-7-10)13(18)9-19-12-5-3-2-4-11(12)14/h2-7H,8-9,14H2,1H3,(H,15,16). The number of para-hydroxylation sites is 2. The van der Waals surface area contributed by atoms with Crippen molar-refractivity contribution in [3.8, 4) is 5.75 Å². The van der Waals surface area contributed by atoms with Gasteiger partial charge >= 0.3 is 0 Å². The molecule has 0 radical (unpaired) electrons. The van der Waals surface area contributed by atoms with Gasteiger partial charge in [0.1, 0.15) is 5.75 Å². The van der Waals surface area contributed by atoms with Gasteiger partial charge in [-0.3, -0.25) is 9.89 Å². The molecule has 100 valence electrons. The van der Waals surface area contributed by atoms with E-state index in [9.17, 15) is 4.79 Å². The second-order valence-corrected chi connectivity index (χ2v) is 4.18. The summed E-state index contributed by atoms with van der Waals surface area (Å²) < 4.78 is 5.40. The number of rotatable bonds is 5. The Balaban J connectivity index is 1.86. The van der Waals surface area contributed by atoms with Crippen LogP contribution < -0.4 is 10.5 Å². The zero-order valence-corrected chi connectivity index (χ0v) is 10.7. The van der Waals surface area contributed by atoms with Crippen LogP contribution in [0.4, 0.5) is 5.69 Å². The molecule has 0 unspecified atom stereocenters. The quantitative estimate of drug-likeness (QED) is 0.786. The fourth-order valence-corrected chi connectivity index (χ4v) is 1.59. The van der Waals surface area contributed by atoms with Crippen LogP contribution in [0.2, 0.25) is 0 Å². The lowest BCUT2D eigenvalue weighted by Gasteiger charge is -2.16. The summed E-state index contributed by atoms with van der Waals surface area (Å²) in [7, 11) is 1.72. The minimum atomic E-state index is -0.121. The summed E-state index contributed by atoms with van der Waals surface area (Å²) in [6, 6.07) is 7.09. The van der Waals surface area contributed by atoms with Crippen molar-refractivity contribution in [2.24, 2.45) is 0 Å². The van der Waals surface area contributed by atoms with Crippen molar-refractivity contribution in [2.75, 3.05) is 19.4 Å². The van der Waals surface area contributed by atoms with Gasteiger partial charge in [0.15, 0.2) is 6.61 Å². The van der Waals surface area contributed by atoms with Crippen LogP contribution in [0.1, 0.15) is 5.56 Å². The normalized spacial score (nSPS) is 10.2. The fourth-order valence-electron chi connectivity index (χ4n) is 1.59. The number of hydrogen-bond acceptors (Lipinski definition) is 4. The second-order valence-electron chi connectivity index (χ2n) is 4.18. The van der Waals surface area contributed by atoms with Gasteiger partial charge in [-0.2, -0.15) is 5.10 Å². The summed E-state index contributed by atoms with van der Waals surface area (Å²) >= 11 is 0. The maximum Gasteiger partial charge on any atom is 0.260 e. The number of H-pyrrole nitrogens is 1. The molecular weight excluding hydrogens is 244 g/mol. The predicted molar refractivity (Wildman–Crippen MR) is 71.4 cm³/mol. The Hall–Kier alpha value is -2.50. The van der Waals surface area contributed by atoms with Crippen LogP contribution in [-0.4, -0.2) is 34.7 Å². The Morgan fingerprint density at radius 3 is 2.95 bits per heavy atom. The Bertz CT molecular complexity index is 539. The topological polar surface area (TPSA) is 84.2 Å². The van der Waals surface area contributed by atoms with E-state index < -0.39 is 0 Å². The van der Waals surface area contributed by atoms with E-state index >= 15 is 0 Å². The average molecular weight is 260 g/mol. The summed E-state index contributed by atoms with van der Waals surface area (Å²) in [5.74, 6) is 0.400. The van der Waals surface area contributed by atoms with Crippen LogP contribution in [0.3, 0.4) is 0 Å². The van der Waals surface area contributed by atoms with Crippen molar-refractivity contribution in [2.45, 2.75) is 6.54 Å². The van der Waals surface area contributed by atoms with E-state index in [1.54, 1.807) is 36.5 Å². The van der Waals surface area contributed by atoms with Gasteiger partial charge in [-0.15, -0.1) is 0 Å². The van der Waals surface area contributed by atoms with E-state index in [4.69, 9.17) is 10.5 Å². The van der Waals surface area contributed by atoms with Crippen LogP contribution in [0, 0.1) is 0 Å². The molecule has 0 spiro atoms. The van der Waals surface area contributed by atoms with Crippen molar-refractivity contribution in [3.63, 3.8) is 0 Å². The SMILES string of the molecule is CN(Cc1cn[nH]c1)C(=O)COc1ccccc1N. The molecule has 1 aromatic carbocycles. The highest BCUT2D eigenvalue weighted by Gasteiger charge is 2.11. The summed E-state index contributed by atoms with van der Waals surface area (Å²) in [6.45, 7) is 0.450. The maximum absolute atomic E-state index is 11.9. The highest BCUT2D eigenvalue weighted by Crippen LogP contribution is 2.19. The smallest absolute Gasteiger partial charge is 0.260 e. The lowest BCUT2D eigenvalue weighted by Crippen LogP contribution is -2.30. The van der Waals surface area contributed by atoms with E-state index in [1.807, 2.05) is 12.1 Å². The Kier molecular flexibility index (Phi) is 4.02. The van der Waals surface area contributed by atoms with E-state index in [0.29, 0.717) is 18.0 Å². The molecule has 3 N–H and O–H groups in total. The highest BCUT2D eigenvalue weighted by atomic mass is 16.5. The van der Waals surface area contributed by atoms with Gasteiger partial charge in [-0.25, -0.2) is 0 Å². The number of likely N-dealkylation sites (N-methyl/N-ethyl adjacent to an activating group) is 1. The predicted octanol–water partition coefficient (Wildman–Crippen LogP) is 1.03. The lowest BCUT2D eigenvalue weighted by atomic mass is 10.3. The first kappa shape index (κ1) is 12.9. The van der Waals surface area contributed by atoms with Crippen LogP contribution in [-0.2, 0) is 11.3 Å². The van der Waals surface area contributed by atoms with Gasteiger partial charge < -0.3 is 15.4 Å². The second kappa shape index (κ2) is 5.90. The third kappa shape index (κ3) is 3.48. The third-order valence-corrected chi connectivity index (χ3v) is 2.67. The molecule has 0 aliphatic heterocycles. The number of amides is 1. The number of benzene rings is 1. The van der Waals surface area contributed by atoms with Crippen LogP contribution >= 0.6 is 0 Å². The number of carbonyl (C=O) groups is 1. The van der Waals surface area contributed by atoms with Crippen LogP contribution in [0.5, 0.6) is 5.75 Å².